The van der Waals surface area contributed by atoms with Crippen LogP contribution in [0.4, 0.5) is 5.69 Å². The van der Waals surface area contributed by atoms with Crippen LogP contribution >= 0.6 is 0 Å². The lowest BCUT2D eigenvalue weighted by molar-refractivity contribution is 0.0702. The number of carbonyl (C=O) groups is 1. The molecule has 1 aromatic heterocycles. The van der Waals surface area contributed by atoms with Crippen molar-refractivity contribution in [3.63, 3.8) is 0 Å². The molecule has 1 fully saturated rings. The van der Waals surface area contributed by atoms with E-state index in [0.29, 0.717) is 36.3 Å². The fraction of sp³-hybridized carbons (Fsp3) is 0.471. The Balaban J connectivity index is 2.11. The minimum Gasteiger partial charge on any atom is -0.399 e. The number of benzene rings is 1. The summed E-state index contributed by atoms with van der Waals surface area (Å²) in [6.07, 6.45) is 3.10. The van der Waals surface area contributed by atoms with Gasteiger partial charge in [-0.1, -0.05) is 0 Å². The van der Waals surface area contributed by atoms with Gasteiger partial charge < -0.3 is 15.4 Å². The number of likely N-dealkylation sites (tertiary alicyclic amines) is 1. The molecule has 0 bridgehead atoms. The number of rotatable bonds is 4. The van der Waals surface area contributed by atoms with E-state index in [1.54, 1.807) is 30.2 Å². The summed E-state index contributed by atoms with van der Waals surface area (Å²) in [7, 11) is 1.56. The van der Waals surface area contributed by atoms with E-state index < -0.39 is 0 Å². The van der Waals surface area contributed by atoms with Crippen molar-refractivity contribution in [2.75, 3.05) is 32.5 Å². The van der Waals surface area contributed by atoms with Crippen LogP contribution in [0.2, 0.25) is 0 Å². The zero-order valence-corrected chi connectivity index (χ0v) is 13.8. The van der Waals surface area contributed by atoms with E-state index in [1.165, 1.54) is 4.57 Å². The molecule has 128 valence electrons. The Kier molecular flexibility index (Phi) is 4.80. The highest BCUT2D eigenvalue weighted by atomic mass is 16.5. The van der Waals surface area contributed by atoms with Gasteiger partial charge in [0, 0.05) is 25.9 Å². The Morgan fingerprint density at radius 3 is 2.75 bits per heavy atom. The molecule has 0 radical (unpaired) electrons. The highest BCUT2D eigenvalue weighted by Crippen LogP contribution is 2.16. The molecule has 2 heterocycles. The van der Waals surface area contributed by atoms with Gasteiger partial charge in [-0.3, -0.25) is 14.2 Å². The summed E-state index contributed by atoms with van der Waals surface area (Å²) in [6.45, 7) is 2.02. The number of piperidine rings is 1. The molecule has 1 amide bonds. The summed E-state index contributed by atoms with van der Waals surface area (Å²) < 4.78 is 6.48. The van der Waals surface area contributed by atoms with E-state index in [1.807, 2.05) is 0 Å². The number of anilines is 1. The molecule has 0 unspecified atom stereocenters. The Hall–Kier alpha value is -2.41. The lowest BCUT2D eigenvalue weighted by atomic mass is 10.1. The first-order valence-corrected chi connectivity index (χ1v) is 8.20. The third-order valence-electron chi connectivity index (χ3n) is 4.33. The molecular weight excluding hydrogens is 308 g/mol. The molecule has 7 nitrogen and oxygen atoms in total. The Morgan fingerprint density at radius 2 is 2.04 bits per heavy atom. The minimum atomic E-state index is -0.260. The van der Waals surface area contributed by atoms with E-state index in [-0.39, 0.29) is 23.8 Å². The molecule has 2 aromatic rings. The lowest BCUT2D eigenvalue weighted by Gasteiger charge is -2.27. The molecule has 1 aliphatic heterocycles. The second kappa shape index (κ2) is 7.00. The van der Waals surface area contributed by atoms with Gasteiger partial charge in [-0.15, -0.1) is 0 Å². The second-order valence-corrected chi connectivity index (χ2v) is 6.01. The number of hydrogen-bond acceptors (Lipinski definition) is 5. The molecule has 2 N–H and O–H groups in total. The number of methoxy groups -OCH3 is 1. The summed E-state index contributed by atoms with van der Waals surface area (Å²) in [5.41, 5.74) is 6.51. The van der Waals surface area contributed by atoms with Gasteiger partial charge in [-0.25, -0.2) is 4.98 Å². The van der Waals surface area contributed by atoms with Crippen molar-refractivity contribution in [2.24, 2.45) is 0 Å². The van der Waals surface area contributed by atoms with Crippen LogP contribution in [0.5, 0.6) is 0 Å². The van der Waals surface area contributed by atoms with Gasteiger partial charge in [0.1, 0.15) is 0 Å². The third-order valence-corrected chi connectivity index (χ3v) is 4.33. The summed E-state index contributed by atoms with van der Waals surface area (Å²) in [4.78, 5) is 32.0. The maximum Gasteiger partial charge on any atom is 0.289 e. The van der Waals surface area contributed by atoms with Gasteiger partial charge in [0.25, 0.3) is 11.5 Å². The summed E-state index contributed by atoms with van der Waals surface area (Å²) in [6, 6.07) is 4.96. The van der Waals surface area contributed by atoms with Gasteiger partial charge in [-0.05, 0) is 37.5 Å². The van der Waals surface area contributed by atoms with Crippen molar-refractivity contribution < 1.29 is 9.53 Å². The normalized spacial score (nSPS) is 15.0. The number of aromatic nitrogens is 2. The monoisotopic (exact) mass is 330 g/mol. The van der Waals surface area contributed by atoms with Crippen LogP contribution < -0.4 is 11.3 Å². The molecule has 7 heteroatoms. The van der Waals surface area contributed by atoms with Gasteiger partial charge >= 0.3 is 0 Å². The minimum absolute atomic E-state index is 0.177. The molecule has 0 atom stereocenters. The molecule has 0 aliphatic carbocycles. The predicted molar refractivity (Wildman–Crippen MR) is 92.0 cm³/mol. The largest absolute Gasteiger partial charge is 0.399 e. The molecule has 0 saturated carbocycles. The van der Waals surface area contributed by atoms with Crippen LogP contribution in [0.15, 0.2) is 23.0 Å². The van der Waals surface area contributed by atoms with Crippen molar-refractivity contribution >= 4 is 22.5 Å². The van der Waals surface area contributed by atoms with Gasteiger partial charge in [0.05, 0.1) is 24.1 Å². The molecule has 3 rings (SSSR count). The van der Waals surface area contributed by atoms with Gasteiger partial charge in [-0.2, -0.15) is 0 Å². The van der Waals surface area contributed by atoms with Crippen molar-refractivity contribution in [1.29, 1.82) is 0 Å². The average molecular weight is 330 g/mol. The molecule has 1 aromatic carbocycles. The van der Waals surface area contributed by atoms with Crippen molar-refractivity contribution in [3.05, 3.63) is 34.4 Å². The van der Waals surface area contributed by atoms with Crippen LogP contribution in [0.25, 0.3) is 10.9 Å². The number of ether oxygens (including phenoxy) is 1. The maximum absolute atomic E-state index is 12.9. The first-order valence-electron chi connectivity index (χ1n) is 8.20. The van der Waals surface area contributed by atoms with Gasteiger partial charge in [0.2, 0.25) is 5.82 Å². The lowest BCUT2D eigenvalue weighted by Crippen LogP contribution is -2.40. The van der Waals surface area contributed by atoms with Crippen LogP contribution in [0.3, 0.4) is 0 Å². The molecule has 1 saturated heterocycles. The van der Waals surface area contributed by atoms with E-state index in [4.69, 9.17) is 10.5 Å². The SMILES string of the molecule is COCCn1c(C(=O)N2CCCCC2)nc2ccc(N)cc2c1=O. The third kappa shape index (κ3) is 3.12. The summed E-state index contributed by atoms with van der Waals surface area (Å²) in [5.74, 6) is -0.0159. The Morgan fingerprint density at radius 1 is 1.29 bits per heavy atom. The number of carbonyl (C=O) groups excluding carboxylic acids is 1. The topological polar surface area (TPSA) is 90.4 Å². The number of fused-ring (bicyclic) bond motifs is 1. The van der Waals surface area contributed by atoms with Crippen LogP contribution in [0.1, 0.15) is 29.9 Å². The van der Waals surface area contributed by atoms with Crippen molar-refractivity contribution in [2.45, 2.75) is 25.8 Å². The highest BCUT2D eigenvalue weighted by Gasteiger charge is 2.24. The maximum atomic E-state index is 12.9. The van der Waals surface area contributed by atoms with E-state index >= 15 is 0 Å². The molecule has 0 spiro atoms. The van der Waals surface area contributed by atoms with Crippen LogP contribution in [-0.2, 0) is 11.3 Å². The quantitative estimate of drug-likeness (QED) is 0.852. The second-order valence-electron chi connectivity index (χ2n) is 6.01. The first-order chi connectivity index (χ1) is 11.6. The highest BCUT2D eigenvalue weighted by molar-refractivity contribution is 5.93. The zero-order valence-electron chi connectivity index (χ0n) is 13.8. The number of amides is 1. The molecular formula is C17H22N4O3. The smallest absolute Gasteiger partial charge is 0.289 e. The average Bonchev–Trinajstić information content (AvgIpc) is 2.61. The Bertz CT molecular complexity index is 809. The van der Waals surface area contributed by atoms with E-state index in [0.717, 1.165) is 19.3 Å². The van der Waals surface area contributed by atoms with Crippen LogP contribution in [-0.4, -0.2) is 47.2 Å². The number of nitrogens with zero attached hydrogens (tertiary/aromatic N) is 3. The van der Waals surface area contributed by atoms with Gasteiger partial charge in [0.15, 0.2) is 0 Å². The zero-order chi connectivity index (χ0) is 17.1. The Labute approximate surface area is 140 Å². The fourth-order valence-electron chi connectivity index (χ4n) is 3.03. The summed E-state index contributed by atoms with van der Waals surface area (Å²) >= 11 is 0. The molecule has 24 heavy (non-hydrogen) atoms. The van der Waals surface area contributed by atoms with Crippen molar-refractivity contribution in [1.82, 2.24) is 14.5 Å². The van der Waals surface area contributed by atoms with E-state index in [2.05, 4.69) is 4.98 Å². The van der Waals surface area contributed by atoms with Crippen molar-refractivity contribution in [3.8, 4) is 0 Å². The fourth-order valence-corrected chi connectivity index (χ4v) is 3.03. The first kappa shape index (κ1) is 16.4. The number of hydrogen-bond donors (Lipinski definition) is 1. The number of nitrogens with two attached hydrogens (primary N) is 1. The van der Waals surface area contributed by atoms with E-state index in [9.17, 15) is 9.59 Å². The summed E-state index contributed by atoms with van der Waals surface area (Å²) in [5, 5.41) is 0.418. The molecule has 1 aliphatic rings. The number of nitrogen functional groups attached to an aromatic ring is 1. The van der Waals surface area contributed by atoms with Crippen LogP contribution in [0, 0.1) is 0 Å². The predicted octanol–water partition coefficient (Wildman–Crippen LogP) is 1.25. The standard InChI is InChI=1S/C17H22N4O3/c1-24-10-9-21-15(17(23)20-7-3-2-4-8-20)19-14-6-5-12(18)11-13(14)16(21)22/h5-6,11H,2-4,7-10,18H2,1H3.